The SMILES string of the molecule is CCN(CC)CCN(C(=O)CCS(=O)(=O)c1ccc(C)cc1)c1nc2ccc(S(C)(=O)=O)cc2s1.Cl. The summed E-state index contributed by atoms with van der Waals surface area (Å²) < 4.78 is 50.1. The summed E-state index contributed by atoms with van der Waals surface area (Å²) in [6.45, 7) is 8.54. The number of fused-ring (bicyclic) bond motifs is 1. The van der Waals surface area contributed by atoms with E-state index >= 15 is 0 Å². The third kappa shape index (κ3) is 7.48. The molecule has 3 rings (SSSR count). The number of thiazole rings is 1. The molecule has 1 aromatic heterocycles. The molecule has 0 atom stereocenters. The maximum absolute atomic E-state index is 13.3. The van der Waals surface area contributed by atoms with Gasteiger partial charge in [-0.3, -0.25) is 9.69 Å². The number of benzene rings is 2. The topological polar surface area (TPSA) is 105 Å². The second kappa shape index (κ2) is 12.5. The average Bonchev–Trinajstić information content (AvgIpc) is 3.23. The van der Waals surface area contributed by atoms with Gasteiger partial charge < -0.3 is 4.90 Å². The quantitative estimate of drug-likeness (QED) is 0.342. The van der Waals surface area contributed by atoms with Crippen LogP contribution in [0.1, 0.15) is 25.8 Å². The maximum atomic E-state index is 13.3. The number of halogens is 1. The van der Waals surface area contributed by atoms with Crippen molar-refractivity contribution in [2.75, 3.05) is 43.1 Å². The van der Waals surface area contributed by atoms with Crippen LogP contribution in [0, 0.1) is 6.92 Å². The number of sulfone groups is 2. The summed E-state index contributed by atoms with van der Waals surface area (Å²) in [5, 5.41) is 0.426. The van der Waals surface area contributed by atoms with Gasteiger partial charge in [0.25, 0.3) is 0 Å². The van der Waals surface area contributed by atoms with Crippen LogP contribution in [0.25, 0.3) is 10.2 Å². The van der Waals surface area contributed by atoms with Crippen molar-refractivity contribution < 1.29 is 21.6 Å². The second-order valence-electron chi connectivity index (χ2n) is 8.35. The van der Waals surface area contributed by atoms with Gasteiger partial charge in [0.15, 0.2) is 24.8 Å². The normalized spacial score (nSPS) is 12.0. The highest BCUT2D eigenvalue weighted by molar-refractivity contribution is 7.91. The largest absolute Gasteiger partial charge is 0.302 e. The Morgan fingerprint density at radius 3 is 2.14 bits per heavy atom. The molecule has 0 fully saturated rings. The number of rotatable bonds is 11. The van der Waals surface area contributed by atoms with Gasteiger partial charge in [-0.15, -0.1) is 12.4 Å². The highest BCUT2D eigenvalue weighted by Gasteiger charge is 2.24. The Balaban J connectivity index is 0.00000456. The van der Waals surface area contributed by atoms with Gasteiger partial charge >= 0.3 is 0 Å². The van der Waals surface area contributed by atoms with E-state index in [-0.39, 0.29) is 40.3 Å². The molecule has 0 aliphatic carbocycles. The van der Waals surface area contributed by atoms with E-state index in [0.717, 1.165) is 24.9 Å². The molecule has 1 heterocycles. The minimum Gasteiger partial charge on any atom is -0.302 e. The van der Waals surface area contributed by atoms with E-state index in [0.29, 0.717) is 28.4 Å². The number of carbonyl (C=O) groups is 1. The van der Waals surface area contributed by atoms with Crippen LogP contribution < -0.4 is 4.90 Å². The van der Waals surface area contributed by atoms with Crippen LogP contribution in [-0.2, 0) is 24.5 Å². The number of amides is 1. The summed E-state index contributed by atoms with van der Waals surface area (Å²) >= 11 is 1.22. The minimum absolute atomic E-state index is 0. The molecule has 0 aliphatic heterocycles. The Bertz CT molecular complexity index is 1400. The van der Waals surface area contributed by atoms with Gasteiger partial charge in [-0.05, 0) is 50.3 Å². The van der Waals surface area contributed by atoms with Crippen molar-refractivity contribution in [3.8, 4) is 0 Å². The van der Waals surface area contributed by atoms with Crippen molar-refractivity contribution in [1.82, 2.24) is 9.88 Å². The molecule has 1 amide bonds. The van der Waals surface area contributed by atoms with Crippen molar-refractivity contribution in [2.45, 2.75) is 37.0 Å². The lowest BCUT2D eigenvalue weighted by Gasteiger charge is -2.24. The fourth-order valence-electron chi connectivity index (χ4n) is 3.57. The lowest BCUT2D eigenvalue weighted by atomic mass is 10.2. The van der Waals surface area contributed by atoms with E-state index in [4.69, 9.17) is 0 Å². The summed E-state index contributed by atoms with van der Waals surface area (Å²) in [4.78, 5) is 21.9. The van der Waals surface area contributed by atoms with Crippen molar-refractivity contribution in [3.05, 3.63) is 48.0 Å². The average molecular weight is 574 g/mol. The van der Waals surface area contributed by atoms with Crippen molar-refractivity contribution >= 4 is 64.7 Å². The molecule has 0 unspecified atom stereocenters. The summed E-state index contributed by atoms with van der Waals surface area (Å²) in [6.07, 6.45) is 0.962. The summed E-state index contributed by atoms with van der Waals surface area (Å²) in [6, 6.07) is 11.3. The Morgan fingerprint density at radius 1 is 0.944 bits per heavy atom. The molecule has 2 aromatic carbocycles. The van der Waals surface area contributed by atoms with E-state index in [9.17, 15) is 21.6 Å². The first-order chi connectivity index (χ1) is 16.4. The van der Waals surface area contributed by atoms with Gasteiger partial charge in [0, 0.05) is 25.8 Å². The Kier molecular flexibility index (Phi) is 10.4. The standard InChI is InChI=1S/C24H31N3O5S3.ClH/c1-5-26(6-2)14-15-27(23(28)13-16-35(31,32)19-9-7-18(3)8-10-19)24-25-21-12-11-20(34(4,29)30)17-22(21)33-24;/h7-12,17H,5-6,13-16H2,1-4H3;1H. The molecule has 198 valence electrons. The van der Waals surface area contributed by atoms with E-state index in [2.05, 4.69) is 9.88 Å². The number of likely N-dealkylation sites (N-methyl/N-ethyl adjacent to an activating group) is 1. The lowest BCUT2D eigenvalue weighted by Crippen LogP contribution is -2.39. The number of hydrogen-bond donors (Lipinski definition) is 0. The molecular weight excluding hydrogens is 542 g/mol. The summed E-state index contributed by atoms with van der Waals surface area (Å²) in [5.41, 5.74) is 1.54. The van der Waals surface area contributed by atoms with E-state index in [1.165, 1.54) is 22.3 Å². The molecule has 0 aliphatic rings. The zero-order valence-corrected chi connectivity index (χ0v) is 24.1. The van der Waals surface area contributed by atoms with Gasteiger partial charge in [-0.1, -0.05) is 42.9 Å². The highest BCUT2D eigenvalue weighted by Crippen LogP contribution is 2.31. The van der Waals surface area contributed by atoms with Gasteiger partial charge in [-0.2, -0.15) is 0 Å². The van der Waals surface area contributed by atoms with Crippen molar-refractivity contribution in [2.24, 2.45) is 0 Å². The number of aromatic nitrogens is 1. The molecule has 0 bridgehead atoms. The van der Waals surface area contributed by atoms with Crippen LogP contribution in [-0.4, -0.2) is 70.8 Å². The Labute approximate surface area is 223 Å². The van der Waals surface area contributed by atoms with Gasteiger partial charge in [-0.25, -0.2) is 21.8 Å². The molecule has 3 aromatic rings. The molecule has 36 heavy (non-hydrogen) atoms. The molecule has 0 N–H and O–H groups in total. The van der Waals surface area contributed by atoms with Crippen LogP contribution >= 0.6 is 23.7 Å². The zero-order valence-electron chi connectivity index (χ0n) is 20.8. The van der Waals surface area contributed by atoms with E-state index < -0.39 is 19.7 Å². The fraction of sp³-hybridized carbons (Fsp3) is 0.417. The highest BCUT2D eigenvalue weighted by atomic mass is 35.5. The van der Waals surface area contributed by atoms with Crippen LogP contribution in [0.3, 0.4) is 0 Å². The number of carbonyl (C=O) groups excluding carboxylic acids is 1. The monoisotopic (exact) mass is 573 g/mol. The first-order valence-electron chi connectivity index (χ1n) is 11.4. The molecule has 8 nitrogen and oxygen atoms in total. The summed E-state index contributed by atoms with van der Waals surface area (Å²) in [5.74, 6) is -0.644. The van der Waals surface area contributed by atoms with Crippen LogP contribution in [0.5, 0.6) is 0 Å². The van der Waals surface area contributed by atoms with Crippen molar-refractivity contribution in [3.63, 3.8) is 0 Å². The summed E-state index contributed by atoms with van der Waals surface area (Å²) in [7, 11) is -7.00. The molecule has 0 saturated heterocycles. The third-order valence-corrected chi connectivity index (χ3v) is 9.69. The van der Waals surface area contributed by atoms with Gasteiger partial charge in [0.1, 0.15) is 0 Å². The first-order valence-corrected chi connectivity index (χ1v) is 15.7. The van der Waals surface area contributed by atoms with Crippen LogP contribution in [0.2, 0.25) is 0 Å². The fourth-order valence-corrected chi connectivity index (χ4v) is 6.57. The van der Waals surface area contributed by atoms with Crippen LogP contribution in [0.4, 0.5) is 5.13 Å². The second-order valence-corrected chi connectivity index (χ2v) is 13.5. The lowest BCUT2D eigenvalue weighted by molar-refractivity contribution is -0.118. The van der Waals surface area contributed by atoms with Gasteiger partial charge in [0.05, 0.1) is 25.8 Å². The Hall–Kier alpha value is -2.05. The smallest absolute Gasteiger partial charge is 0.229 e. The van der Waals surface area contributed by atoms with Crippen LogP contribution in [0.15, 0.2) is 52.3 Å². The molecule has 0 radical (unpaired) electrons. The predicted molar refractivity (Wildman–Crippen MR) is 148 cm³/mol. The van der Waals surface area contributed by atoms with E-state index in [1.54, 1.807) is 36.4 Å². The van der Waals surface area contributed by atoms with Crippen molar-refractivity contribution in [1.29, 1.82) is 0 Å². The number of hydrogen-bond acceptors (Lipinski definition) is 8. The molecule has 12 heteroatoms. The molecule has 0 spiro atoms. The minimum atomic E-state index is -3.62. The van der Waals surface area contributed by atoms with Gasteiger partial charge in [0.2, 0.25) is 5.91 Å². The molecular formula is C24H32ClN3O5S3. The van der Waals surface area contributed by atoms with E-state index in [1.807, 2.05) is 20.8 Å². The maximum Gasteiger partial charge on any atom is 0.229 e. The Morgan fingerprint density at radius 2 is 1.56 bits per heavy atom. The molecule has 0 saturated carbocycles. The number of aryl methyl sites for hydroxylation is 1. The number of anilines is 1. The first kappa shape index (κ1) is 30.2. The zero-order chi connectivity index (χ0) is 25.8. The number of nitrogens with zero attached hydrogens (tertiary/aromatic N) is 3. The predicted octanol–water partition coefficient (Wildman–Crippen LogP) is 3.97. The third-order valence-electron chi connectivity index (χ3n) is 5.81.